The molecule has 3 N–H and O–H groups in total. The maximum Gasteiger partial charge on any atom is 0.329 e. The van der Waals surface area contributed by atoms with Crippen molar-refractivity contribution >= 4 is 17.7 Å². The molecule has 7 heteroatoms. The molecule has 0 aliphatic heterocycles. The zero-order valence-electron chi connectivity index (χ0n) is 11.0. The monoisotopic (exact) mass is 277 g/mol. The number of hydrogen-bond donors (Lipinski definition) is 3. The van der Waals surface area contributed by atoms with E-state index in [4.69, 9.17) is 15.1 Å². The van der Waals surface area contributed by atoms with Crippen LogP contribution in [0.1, 0.15) is 11.1 Å². The predicted octanol–water partition coefficient (Wildman–Crippen LogP) is 1.09. The fourth-order valence-electron chi connectivity index (χ4n) is 1.39. The van der Waals surface area contributed by atoms with Gasteiger partial charge in [-0.2, -0.15) is 5.26 Å². The average molecular weight is 277 g/mol. The number of anilines is 1. The first-order valence-corrected chi connectivity index (χ1v) is 5.88. The number of nitrogens with one attached hydrogen (secondary N) is 2. The molecule has 0 atom stereocenters. The number of nitrogens with zero attached hydrogens (tertiary/aromatic N) is 1. The van der Waals surface area contributed by atoms with Gasteiger partial charge in [0.05, 0.1) is 18.2 Å². The van der Waals surface area contributed by atoms with Crippen LogP contribution in [0.2, 0.25) is 0 Å². The Kier molecular flexibility index (Phi) is 6.00. The van der Waals surface area contributed by atoms with E-state index < -0.39 is 18.6 Å². The fraction of sp³-hybridized carbons (Fsp3) is 0.308. The van der Waals surface area contributed by atoms with Gasteiger partial charge in [-0.15, -0.1) is 0 Å². The number of benzene rings is 1. The zero-order chi connectivity index (χ0) is 15.0. The van der Waals surface area contributed by atoms with Crippen LogP contribution in [0.25, 0.3) is 0 Å². The van der Waals surface area contributed by atoms with E-state index in [9.17, 15) is 9.59 Å². The Bertz CT molecular complexity index is 537. The van der Waals surface area contributed by atoms with Gasteiger partial charge in [-0.3, -0.25) is 0 Å². The van der Waals surface area contributed by atoms with Gasteiger partial charge in [-0.05, 0) is 24.6 Å². The summed E-state index contributed by atoms with van der Waals surface area (Å²) in [6, 6.07) is 6.53. The predicted molar refractivity (Wildman–Crippen MR) is 71.4 cm³/mol. The highest BCUT2D eigenvalue weighted by molar-refractivity contribution is 5.90. The Morgan fingerprint density at radius 2 is 2.20 bits per heavy atom. The van der Waals surface area contributed by atoms with Gasteiger partial charge in [0, 0.05) is 12.2 Å². The highest BCUT2D eigenvalue weighted by Gasteiger charge is 2.05. The summed E-state index contributed by atoms with van der Waals surface area (Å²) in [5.41, 5.74) is 1.84. The van der Waals surface area contributed by atoms with E-state index in [1.807, 2.05) is 13.0 Å². The molecular weight excluding hydrogens is 262 g/mol. The van der Waals surface area contributed by atoms with Gasteiger partial charge in [0.1, 0.15) is 6.61 Å². The van der Waals surface area contributed by atoms with Gasteiger partial charge in [-0.25, -0.2) is 9.59 Å². The summed E-state index contributed by atoms with van der Waals surface area (Å²) in [6.07, 6.45) is 0. The molecule has 7 nitrogen and oxygen atoms in total. The van der Waals surface area contributed by atoms with E-state index >= 15 is 0 Å². The molecule has 0 unspecified atom stereocenters. The lowest BCUT2D eigenvalue weighted by molar-refractivity contribution is -0.142. The van der Waals surface area contributed by atoms with Crippen molar-refractivity contribution in [2.45, 2.75) is 6.92 Å². The highest BCUT2D eigenvalue weighted by Crippen LogP contribution is 2.16. The third-order valence-electron chi connectivity index (χ3n) is 2.37. The van der Waals surface area contributed by atoms with Crippen molar-refractivity contribution in [1.82, 2.24) is 5.32 Å². The minimum absolute atomic E-state index is 0.108. The minimum Gasteiger partial charge on any atom is -0.480 e. The molecule has 0 aliphatic rings. The number of rotatable bonds is 6. The van der Waals surface area contributed by atoms with Crippen molar-refractivity contribution in [3.05, 3.63) is 29.3 Å². The van der Waals surface area contributed by atoms with Crippen LogP contribution in [0.4, 0.5) is 10.5 Å². The number of ether oxygens (including phenoxy) is 1. The van der Waals surface area contributed by atoms with Gasteiger partial charge in [-0.1, -0.05) is 6.07 Å². The molecule has 0 bridgehead atoms. The third-order valence-corrected chi connectivity index (χ3v) is 2.37. The van der Waals surface area contributed by atoms with Gasteiger partial charge in [0.25, 0.3) is 0 Å². The van der Waals surface area contributed by atoms with Gasteiger partial charge in [0.2, 0.25) is 0 Å². The maximum absolute atomic E-state index is 11.6. The summed E-state index contributed by atoms with van der Waals surface area (Å²) in [5.74, 6) is -1.06. The molecule has 0 aromatic heterocycles. The second kappa shape index (κ2) is 7.76. The van der Waals surface area contributed by atoms with Crippen molar-refractivity contribution in [3.8, 4) is 6.07 Å². The number of carboxylic acids is 1. The average Bonchev–Trinajstić information content (AvgIpc) is 2.40. The minimum atomic E-state index is -1.06. The molecule has 20 heavy (non-hydrogen) atoms. The summed E-state index contributed by atoms with van der Waals surface area (Å²) in [4.78, 5) is 21.8. The molecule has 0 fully saturated rings. The number of aliphatic carboxylic acids is 1. The lowest BCUT2D eigenvalue weighted by atomic mass is 10.1. The molecule has 0 spiro atoms. The van der Waals surface area contributed by atoms with Crippen molar-refractivity contribution < 1.29 is 19.4 Å². The number of carbonyl (C=O) groups is 2. The van der Waals surface area contributed by atoms with Crippen LogP contribution in [0.15, 0.2) is 18.2 Å². The van der Waals surface area contributed by atoms with E-state index in [0.29, 0.717) is 11.3 Å². The standard InChI is InChI=1S/C13H15N3O4/c1-9-2-3-10(7-14)6-11(9)16-13(19)15-4-5-20-8-12(17)18/h2-3,6H,4-5,8H2,1H3,(H,17,18)(H2,15,16,19). The number of nitriles is 1. The van der Waals surface area contributed by atoms with Gasteiger partial charge in [0.15, 0.2) is 0 Å². The second-order valence-electron chi connectivity index (χ2n) is 3.97. The molecule has 0 saturated carbocycles. The molecule has 0 heterocycles. The largest absolute Gasteiger partial charge is 0.480 e. The van der Waals surface area contributed by atoms with Crippen LogP contribution in [0, 0.1) is 18.3 Å². The van der Waals surface area contributed by atoms with E-state index in [1.165, 1.54) is 0 Å². The molecular formula is C13H15N3O4. The van der Waals surface area contributed by atoms with Crippen molar-refractivity contribution in [2.75, 3.05) is 25.1 Å². The quantitative estimate of drug-likeness (QED) is 0.674. The Hall–Kier alpha value is -2.59. The van der Waals surface area contributed by atoms with Gasteiger partial charge >= 0.3 is 12.0 Å². The summed E-state index contributed by atoms with van der Waals surface area (Å²) in [5, 5.41) is 22.3. The van der Waals surface area contributed by atoms with Crippen LogP contribution in [0.5, 0.6) is 0 Å². The fourth-order valence-corrected chi connectivity index (χ4v) is 1.39. The van der Waals surface area contributed by atoms with Crippen molar-refractivity contribution in [3.63, 3.8) is 0 Å². The number of hydrogen-bond acceptors (Lipinski definition) is 4. The van der Waals surface area contributed by atoms with Crippen LogP contribution >= 0.6 is 0 Å². The van der Waals surface area contributed by atoms with Crippen LogP contribution in [-0.4, -0.2) is 36.9 Å². The van der Waals surface area contributed by atoms with Gasteiger partial charge < -0.3 is 20.5 Å². The van der Waals surface area contributed by atoms with Crippen LogP contribution < -0.4 is 10.6 Å². The summed E-state index contributed by atoms with van der Waals surface area (Å²) in [7, 11) is 0. The van der Waals surface area contributed by atoms with E-state index in [-0.39, 0.29) is 13.2 Å². The topological polar surface area (TPSA) is 111 Å². The van der Waals surface area contributed by atoms with Crippen molar-refractivity contribution in [2.24, 2.45) is 0 Å². The summed E-state index contributed by atoms with van der Waals surface area (Å²) < 4.78 is 4.77. The Morgan fingerprint density at radius 1 is 1.45 bits per heavy atom. The first-order valence-electron chi connectivity index (χ1n) is 5.88. The normalized spacial score (nSPS) is 9.60. The second-order valence-corrected chi connectivity index (χ2v) is 3.97. The maximum atomic E-state index is 11.6. The molecule has 1 aromatic carbocycles. The third kappa shape index (κ3) is 5.37. The molecule has 1 rings (SSSR count). The first kappa shape index (κ1) is 15.5. The number of amides is 2. The van der Waals surface area contributed by atoms with E-state index in [2.05, 4.69) is 10.6 Å². The molecule has 0 saturated heterocycles. The number of carbonyl (C=O) groups excluding carboxylic acids is 1. The number of carboxylic acid groups (broad SMARTS) is 1. The molecule has 0 aliphatic carbocycles. The Balaban J connectivity index is 2.39. The molecule has 2 amide bonds. The van der Waals surface area contributed by atoms with Crippen LogP contribution in [0.3, 0.4) is 0 Å². The number of aryl methyl sites for hydroxylation is 1. The van der Waals surface area contributed by atoms with E-state index in [0.717, 1.165) is 5.56 Å². The first-order chi connectivity index (χ1) is 9.52. The smallest absolute Gasteiger partial charge is 0.329 e. The summed E-state index contributed by atoms with van der Waals surface area (Å²) in [6.45, 7) is 1.71. The Morgan fingerprint density at radius 3 is 2.85 bits per heavy atom. The summed E-state index contributed by atoms with van der Waals surface area (Å²) >= 11 is 0. The molecule has 0 radical (unpaired) electrons. The Labute approximate surface area is 116 Å². The number of urea groups is 1. The molecule has 1 aromatic rings. The van der Waals surface area contributed by atoms with Crippen molar-refractivity contribution in [1.29, 1.82) is 5.26 Å². The lowest BCUT2D eigenvalue weighted by Crippen LogP contribution is -2.32. The van der Waals surface area contributed by atoms with E-state index in [1.54, 1.807) is 18.2 Å². The highest BCUT2D eigenvalue weighted by atomic mass is 16.5. The molecule has 106 valence electrons. The lowest BCUT2D eigenvalue weighted by Gasteiger charge is -2.10. The van der Waals surface area contributed by atoms with Crippen LogP contribution in [-0.2, 0) is 9.53 Å². The zero-order valence-corrected chi connectivity index (χ0v) is 11.0. The SMILES string of the molecule is Cc1ccc(C#N)cc1NC(=O)NCCOCC(=O)O.